The lowest BCUT2D eigenvalue weighted by Gasteiger charge is -2.02. The van der Waals surface area contributed by atoms with Crippen LogP contribution in [0.1, 0.15) is 0 Å². The Morgan fingerprint density at radius 3 is 3.11 bits per heavy atom. The summed E-state index contributed by atoms with van der Waals surface area (Å²) in [6.07, 6.45) is -0.800. The molecule has 0 bridgehead atoms. The lowest BCUT2D eigenvalue weighted by atomic mass is 10.4. The van der Waals surface area contributed by atoms with Crippen molar-refractivity contribution in [2.24, 2.45) is 5.11 Å². The monoisotopic (exact) mass is 130 g/mol. The van der Waals surface area contributed by atoms with Crippen LogP contribution in [-0.2, 0) is 4.74 Å². The normalized spacial score (nSPS) is 12.2. The molecular weight excluding hydrogens is 122 g/mol. The average molecular weight is 130 g/mol. The minimum atomic E-state index is -0.800. The highest BCUT2D eigenvalue weighted by Crippen LogP contribution is 1.90. The second-order valence-corrected chi connectivity index (χ2v) is 1.38. The zero-order valence-corrected chi connectivity index (χ0v) is 5.06. The van der Waals surface area contributed by atoms with Gasteiger partial charge in [0.15, 0.2) is 0 Å². The van der Waals surface area contributed by atoms with Gasteiger partial charge in [-0.15, -0.1) is 0 Å². The summed E-state index contributed by atoms with van der Waals surface area (Å²) >= 11 is 0. The summed E-state index contributed by atoms with van der Waals surface area (Å²) in [5, 5.41) is 11.8. The third kappa shape index (κ3) is 5.10. The molecule has 0 heterocycles. The first kappa shape index (κ1) is 8.23. The van der Waals surface area contributed by atoms with E-state index in [0.717, 1.165) is 6.54 Å². The Morgan fingerprint density at radius 1 is 2.00 bits per heavy atom. The Kier molecular flexibility index (Phi) is 4.91. The van der Waals surface area contributed by atoms with Crippen LogP contribution in [0.5, 0.6) is 0 Å². The van der Waals surface area contributed by atoms with Crippen LogP contribution in [0.2, 0.25) is 0 Å². The predicted octanol–water partition coefficient (Wildman–Crippen LogP) is 0.466. The Hall–Kier alpha value is -0.770. The largest absolute Gasteiger partial charge is 0.390 e. The molecule has 1 atom stereocenters. The van der Waals surface area contributed by atoms with Crippen molar-refractivity contribution in [2.45, 2.75) is 6.10 Å². The first-order chi connectivity index (χ1) is 4.31. The topological polar surface area (TPSA) is 78.2 Å². The highest BCUT2D eigenvalue weighted by atomic mass is 16.5. The van der Waals surface area contributed by atoms with E-state index in [-0.39, 0.29) is 6.61 Å². The molecule has 9 heavy (non-hydrogen) atoms. The lowest BCUT2D eigenvalue weighted by Crippen LogP contribution is -2.12. The standard InChI is InChI=1S/C4H8N3O2/c1-9-3-4(8)2-6-7-5/h2,4,8H,3H2,1H3. The van der Waals surface area contributed by atoms with Crippen LogP contribution in [0, 0.1) is 6.54 Å². The molecule has 0 rings (SSSR count). The molecule has 0 saturated heterocycles. The van der Waals surface area contributed by atoms with Gasteiger partial charge in [0.05, 0.1) is 19.3 Å². The molecule has 0 aliphatic rings. The molecule has 0 fully saturated rings. The van der Waals surface area contributed by atoms with Gasteiger partial charge in [0, 0.05) is 12.0 Å². The van der Waals surface area contributed by atoms with Gasteiger partial charge in [0.1, 0.15) is 0 Å². The van der Waals surface area contributed by atoms with Crippen LogP contribution < -0.4 is 0 Å². The van der Waals surface area contributed by atoms with E-state index in [1.54, 1.807) is 0 Å². The maximum atomic E-state index is 8.73. The molecule has 0 saturated carbocycles. The summed E-state index contributed by atoms with van der Waals surface area (Å²) in [5.41, 5.74) is 7.76. The molecule has 0 amide bonds. The molecule has 0 aromatic carbocycles. The first-order valence-electron chi connectivity index (χ1n) is 2.35. The zero-order valence-electron chi connectivity index (χ0n) is 5.06. The molecule has 5 heteroatoms. The molecule has 51 valence electrons. The van der Waals surface area contributed by atoms with Crippen molar-refractivity contribution in [1.82, 2.24) is 0 Å². The Labute approximate surface area is 52.9 Å². The minimum absolute atomic E-state index is 0.152. The Balaban J connectivity index is 3.25. The second-order valence-electron chi connectivity index (χ2n) is 1.38. The molecule has 0 aromatic rings. The van der Waals surface area contributed by atoms with Crippen LogP contribution >= 0.6 is 0 Å². The SMILES string of the molecule is COCC(O)[CH]N=[N+]=[N-]. The summed E-state index contributed by atoms with van der Waals surface area (Å²) in [7, 11) is 1.45. The molecule has 0 aliphatic heterocycles. The minimum Gasteiger partial charge on any atom is -0.390 e. The van der Waals surface area contributed by atoms with Gasteiger partial charge in [-0.3, -0.25) is 0 Å². The fourth-order valence-corrected chi connectivity index (χ4v) is 0.321. The van der Waals surface area contributed by atoms with Crippen LogP contribution in [0.25, 0.3) is 10.4 Å². The van der Waals surface area contributed by atoms with Crippen LogP contribution in [-0.4, -0.2) is 24.9 Å². The molecule has 0 spiro atoms. The number of nitrogens with zero attached hydrogens (tertiary/aromatic N) is 3. The zero-order chi connectivity index (χ0) is 7.11. The van der Waals surface area contributed by atoms with Crippen molar-refractivity contribution >= 4 is 0 Å². The van der Waals surface area contributed by atoms with Gasteiger partial charge in [0.25, 0.3) is 0 Å². The average Bonchev–Trinajstić information content (AvgIpc) is 1.85. The van der Waals surface area contributed by atoms with E-state index >= 15 is 0 Å². The lowest BCUT2D eigenvalue weighted by molar-refractivity contribution is 0.0834. The smallest absolute Gasteiger partial charge is 0.0863 e. The van der Waals surface area contributed by atoms with E-state index in [2.05, 4.69) is 14.8 Å². The second kappa shape index (κ2) is 5.37. The highest BCUT2D eigenvalue weighted by molar-refractivity contribution is 4.71. The number of ether oxygens (including phenoxy) is 1. The Bertz CT molecular complexity index is 110. The summed E-state index contributed by atoms with van der Waals surface area (Å²) in [4.78, 5) is 2.41. The quantitative estimate of drug-likeness (QED) is 0.341. The Morgan fingerprint density at radius 2 is 2.67 bits per heavy atom. The fourth-order valence-electron chi connectivity index (χ4n) is 0.321. The molecule has 1 N–H and O–H groups in total. The molecule has 0 aromatic heterocycles. The van der Waals surface area contributed by atoms with E-state index in [4.69, 9.17) is 10.6 Å². The number of rotatable bonds is 4. The third-order valence-corrected chi connectivity index (χ3v) is 0.628. The van der Waals surface area contributed by atoms with E-state index < -0.39 is 6.10 Å². The fraction of sp³-hybridized carbons (Fsp3) is 0.750. The van der Waals surface area contributed by atoms with Crippen molar-refractivity contribution < 1.29 is 9.84 Å². The third-order valence-electron chi connectivity index (χ3n) is 0.628. The summed E-state index contributed by atoms with van der Waals surface area (Å²) in [6.45, 7) is 1.22. The van der Waals surface area contributed by atoms with Gasteiger partial charge < -0.3 is 9.84 Å². The van der Waals surface area contributed by atoms with Crippen molar-refractivity contribution in [1.29, 1.82) is 0 Å². The van der Waals surface area contributed by atoms with Crippen molar-refractivity contribution in [2.75, 3.05) is 13.7 Å². The van der Waals surface area contributed by atoms with E-state index in [1.807, 2.05) is 0 Å². The highest BCUT2D eigenvalue weighted by Gasteiger charge is 1.99. The first-order valence-corrected chi connectivity index (χ1v) is 2.35. The number of hydrogen-bond donors (Lipinski definition) is 1. The molecular formula is C4H8N3O2. The van der Waals surface area contributed by atoms with Crippen LogP contribution in [0.3, 0.4) is 0 Å². The number of hydrogen-bond acceptors (Lipinski definition) is 3. The van der Waals surface area contributed by atoms with Gasteiger partial charge in [-0.2, -0.15) is 0 Å². The molecule has 1 radical (unpaired) electrons. The van der Waals surface area contributed by atoms with E-state index in [0.29, 0.717) is 0 Å². The molecule has 0 aliphatic carbocycles. The van der Waals surface area contributed by atoms with Gasteiger partial charge in [-0.1, -0.05) is 5.11 Å². The van der Waals surface area contributed by atoms with Crippen molar-refractivity contribution in [3.63, 3.8) is 0 Å². The van der Waals surface area contributed by atoms with Crippen LogP contribution in [0.15, 0.2) is 5.11 Å². The van der Waals surface area contributed by atoms with E-state index in [1.165, 1.54) is 7.11 Å². The number of methoxy groups -OCH3 is 1. The van der Waals surface area contributed by atoms with E-state index in [9.17, 15) is 0 Å². The maximum Gasteiger partial charge on any atom is 0.0863 e. The summed E-state index contributed by atoms with van der Waals surface area (Å²) in [6, 6.07) is 0. The molecule has 1 unspecified atom stereocenters. The van der Waals surface area contributed by atoms with Crippen molar-refractivity contribution in [3.05, 3.63) is 17.0 Å². The number of azide groups is 1. The maximum absolute atomic E-state index is 8.73. The van der Waals surface area contributed by atoms with Crippen LogP contribution in [0.4, 0.5) is 0 Å². The van der Waals surface area contributed by atoms with Gasteiger partial charge in [-0.05, 0) is 5.53 Å². The summed E-state index contributed by atoms with van der Waals surface area (Å²) < 4.78 is 4.54. The van der Waals surface area contributed by atoms with Gasteiger partial charge in [0.2, 0.25) is 0 Å². The van der Waals surface area contributed by atoms with Gasteiger partial charge in [-0.25, -0.2) is 0 Å². The number of aliphatic hydroxyl groups excluding tert-OH is 1. The summed E-state index contributed by atoms with van der Waals surface area (Å²) in [5.74, 6) is 0. The van der Waals surface area contributed by atoms with Crippen molar-refractivity contribution in [3.8, 4) is 0 Å². The predicted molar refractivity (Wildman–Crippen MR) is 31.3 cm³/mol. The van der Waals surface area contributed by atoms with Gasteiger partial charge >= 0.3 is 0 Å². The molecule has 5 nitrogen and oxygen atoms in total. The number of aliphatic hydroxyl groups is 1.